The molecule has 2 atom stereocenters. The Morgan fingerprint density at radius 3 is 2.14 bits per heavy atom. The van der Waals surface area contributed by atoms with Crippen LogP contribution in [0.25, 0.3) is 0 Å². The maximum Gasteiger partial charge on any atom is 0.202 e. The summed E-state index contributed by atoms with van der Waals surface area (Å²) in [6, 6.07) is 0. The fourth-order valence-electron chi connectivity index (χ4n) is 3.97. The first-order valence-corrected chi connectivity index (χ1v) is 8.95. The van der Waals surface area contributed by atoms with Gasteiger partial charge in [-0.05, 0) is 43.4 Å². The Morgan fingerprint density at radius 2 is 1.64 bits per heavy atom. The molecule has 22 heavy (non-hydrogen) atoms. The summed E-state index contributed by atoms with van der Waals surface area (Å²) in [5.74, 6) is 7.93. The number of Topliss-reactive ketones (excluding diaryl/α,β-unsaturated/α-hetero) is 1. The molecule has 2 aliphatic rings. The molecule has 0 saturated heterocycles. The fourth-order valence-corrected chi connectivity index (χ4v) is 3.97. The Kier molecular flexibility index (Phi) is 10.9. The van der Waals surface area contributed by atoms with E-state index >= 15 is 0 Å². The van der Waals surface area contributed by atoms with Gasteiger partial charge in [0.1, 0.15) is 6.79 Å². The van der Waals surface area contributed by atoms with Crippen molar-refractivity contribution < 1.29 is 9.59 Å². The van der Waals surface area contributed by atoms with Crippen molar-refractivity contribution in [3.05, 3.63) is 0 Å². The van der Waals surface area contributed by atoms with Crippen molar-refractivity contribution in [3.63, 3.8) is 0 Å². The van der Waals surface area contributed by atoms with Gasteiger partial charge >= 0.3 is 0 Å². The number of carbonyl (C=O) groups excluding carboxylic acids is 2. The van der Waals surface area contributed by atoms with Gasteiger partial charge in [-0.2, -0.15) is 0 Å². The van der Waals surface area contributed by atoms with Crippen molar-refractivity contribution in [2.24, 2.45) is 17.3 Å². The average molecular weight is 306 g/mol. The van der Waals surface area contributed by atoms with Gasteiger partial charge in [-0.25, -0.2) is 0 Å². The first-order chi connectivity index (χ1) is 10.6. The predicted octanol–water partition coefficient (Wildman–Crippen LogP) is 5.20. The molecule has 2 rings (SSSR count). The van der Waals surface area contributed by atoms with Gasteiger partial charge in [-0.3, -0.25) is 4.79 Å². The van der Waals surface area contributed by atoms with Gasteiger partial charge < -0.3 is 4.79 Å². The summed E-state index contributed by atoms with van der Waals surface area (Å²) in [5, 5.41) is 0. The summed E-state index contributed by atoms with van der Waals surface area (Å²) >= 11 is 0. The average Bonchev–Trinajstić information content (AvgIpc) is 2.57. The van der Waals surface area contributed by atoms with Gasteiger partial charge in [0, 0.05) is 12.3 Å². The topological polar surface area (TPSA) is 34.1 Å². The number of rotatable bonds is 1. The van der Waals surface area contributed by atoms with Crippen LogP contribution < -0.4 is 0 Å². The maximum absolute atomic E-state index is 11.2. The number of ketones is 1. The normalized spacial score (nSPS) is 26.0. The zero-order chi connectivity index (χ0) is 17.0. The zero-order valence-corrected chi connectivity index (χ0v) is 15.0. The highest BCUT2D eigenvalue weighted by molar-refractivity contribution is 5.93. The Bertz CT molecular complexity index is 369. The zero-order valence-electron chi connectivity index (χ0n) is 15.0. The molecule has 0 aliphatic heterocycles. The summed E-state index contributed by atoms with van der Waals surface area (Å²) in [6.45, 7) is 9.97. The molecule has 2 nitrogen and oxygen atoms in total. The molecule has 0 aromatic heterocycles. The van der Waals surface area contributed by atoms with Crippen LogP contribution in [-0.4, -0.2) is 12.6 Å². The molecule has 2 fully saturated rings. The van der Waals surface area contributed by atoms with Crippen molar-refractivity contribution in [1.82, 2.24) is 0 Å². The molecule has 2 heteroatoms. The Hall–Kier alpha value is -1.10. The molecule has 0 spiro atoms. The number of hydrogen-bond donors (Lipinski definition) is 0. The summed E-state index contributed by atoms with van der Waals surface area (Å²) < 4.78 is 0. The lowest BCUT2D eigenvalue weighted by molar-refractivity contribution is -0.111. The largest absolute Gasteiger partial charge is 0.307 e. The third-order valence-electron chi connectivity index (χ3n) is 4.95. The number of carbonyl (C=O) groups is 2. The third kappa shape index (κ3) is 6.34. The second-order valence-corrected chi connectivity index (χ2v) is 6.49. The molecule has 0 amide bonds. The van der Waals surface area contributed by atoms with Crippen molar-refractivity contribution >= 4 is 12.6 Å². The van der Waals surface area contributed by atoms with Crippen molar-refractivity contribution in [1.29, 1.82) is 0 Å². The van der Waals surface area contributed by atoms with Crippen LogP contribution in [0.3, 0.4) is 0 Å². The molecule has 0 radical (unpaired) electrons. The lowest BCUT2D eigenvalue weighted by Crippen LogP contribution is -2.34. The van der Waals surface area contributed by atoms with Crippen LogP contribution in [0.15, 0.2) is 0 Å². The van der Waals surface area contributed by atoms with Gasteiger partial charge in [0.25, 0.3) is 0 Å². The van der Waals surface area contributed by atoms with E-state index in [0.717, 1.165) is 11.8 Å². The Balaban J connectivity index is 0.00000102. The van der Waals surface area contributed by atoms with Crippen molar-refractivity contribution in [3.8, 4) is 11.8 Å². The third-order valence-corrected chi connectivity index (χ3v) is 4.95. The van der Waals surface area contributed by atoms with Crippen molar-refractivity contribution in [2.75, 3.05) is 0 Å². The van der Waals surface area contributed by atoms with E-state index in [1.807, 2.05) is 20.6 Å². The second-order valence-electron chi connectivity index (χ2n) is 6.49. The minimum Gasteiger partial charge on any atom is -0.307 e. The molecule has 1 unspecified atom stereocenters. The van der Waals surface area contributed by atoms with Gasteiger partial charge in [-0.1, -0.05) is 58.8 Å². The SMILES string of the molecule is C=O.CC.CC(=O)C#CC1([C@@H]2CCCC(C)C2)CCCCC1. The second kappa shape index (κ2) is 11.5. The van der Waals surface area contributed by atoms with Crippen LogP contribution in [0.1, 0.15) is 85.5 Å². The summed E-state index contributed by atoms with van der Waals surface area (Å²) in [5.41, 5.74) is 0.179. The first-order valence-electron chi connectivity index (χ1n) is 8.95. The molecule has 0 aromatic carbocycles. The highest BCUT2D eigenvalue weighted by atomic mass is 16.1. The fraction of sp³-hybridized carbons (Fsp3) is 0.800. The first kappa shape index (κ1) is 20.9. The minimum atomic E-state index is 0.0313. The van der Waals surface area contributed by atoms with E-state index in [0.29, 0.717) is 0 Å². The summed E-state index contributed by atoms with van der Waals surface area (Å²) in [6.07, 6.45) is 11.8. The molecular weight excluding hydrogens is 272 g/mol. The lowest BCUT2D eigenvalue weighted by atomic mass is 9.61. The van der Waals surface area contributed by atoms with E-state index in [-0.39, 0.29) is 11.2 Å². The van der Waals surface area contributed by atoms with Gasteiger partial charge in [0.2, 0.25) is 5.78 Å². The highest BCUT2D eigenvalue weighted by Gasteiger charge is 2.40. The smallest absolute Gasteiger partial charge is 0.202 e. The highest BCUT2D eigenvalue weighted by Crippen LogP contribution is 2.48. The van der Waals surface area contributed by atoms with E-state index in [1.54, 1.807) is 6.92 Å². The maximum atomic E-state index is 11.2. The summed E-state index contributed by atoms with van der Waals surface area (Å²) in [4.78, 5) is 19.2. The standard InChI is InChI=1S/C17H26O.C2H6.CH2O/c1-14-7-6-8-16(13-14)17(12-9-15(2)18)10-4-3-5-11-17;2*1-2/h14,16H,3-8,10-11,13H2,1-2H3;1-2H3;1H2/t14?,16-;;/m1../s1. The van der Waals surface area contributed by atoms with Crippen LogP contribution in [0.2, 0.25) is 0 Å². The number of hydrogen-bond acceptors (Lipinski definition) is 2. The molecule has 0 bridgehead atoms. The van der Waals surface area contributed by atoms with Crippen molar-refractivity contribution in [2.45, 2.75) is 85.5 Å². The van der Waals surface area contributed by atoms with E-state index in [4.69, 9.17) is 4.79 Å². The lowest BCUT2D eigenvalue weighted by Gasteiger charge is -2.43. The van der Waals surface area contributed by atoms with Crippen LogP contribution in [-0.2, 0) is 9.59 Å². The summed E-state index contributed by atoms with van der Waals surface area (Å²) in [7, 11) is 0. The van der Waals surface area contributed by atoms with E-state index in [9.17, 15) is 4.79 Å². The minimum absolute atomic E-state index is 0.0313. The van der Waals surface area contributed by atoms with E-state index < -0.39 is 0 Å². The Labute approximate surface area is 137 Å². The molecular formula is C20H34O2. The molecule has 0 aromatic rings. The monoisotopic (exact) mass is 306 g/mol. The molecule has 0 N–H and O–H groups in total. The quantitative estimate of drug-likeness (QED) is 0.493. The van der Waals surface area contributed by atoms with Gasteiger partial charge in [0.15, 0.2) is 0 Å². The van der Waals surface area contributed by atoms with Crippen LogP contribution >= 0.6 is 0 Å². The van der Waals surface area contributed by atoms with E-state index in [1.165, 1.54) is 57.8 Å². The predicted molar refractivity (Wildman–Crippen MR) is 93.6 cm³/mol. The van der Waals surface area contributed by atoms with E-state index in [2.05, 4.69) is 18.8 Å². The van der Waals surface area contributed by atoms with Gasteiger partial charge in [0.05, 0.1) is 0 Å². The molecule has 0 heterocycles. The van der Waals surface area contributed by atoms with Crippen LogP contribution in [0.5, 0.6) is 0 Å². The van der Waals surface area contributed by atoms with Gasteiger partial charge in [-0.15, -0.1) is 0 Å². The molecule has 2 aliphatic carbocycles. The van der Waals surface area contributed by atoms with Crippen LogP contribution in [0, 0.1) is 29.1 Å². The molecule has 126 valence electrons. The molecule has 2 saturated carbocycles. The van der Waals surface area contributed by atoms with Crippen LogP contribution in [0.4, 0.5) is 0 Å². The Morgan fingerprint density at radius 1 is 1.05 bits per heavy atom.